The van der Waals surface area contributed by atoms with Gasteiger partial charge in [-0.05, 0) is 35.9 Å². The molecule has 5 nitrogen and oxygen atoms in total. The van der Waals surface area contributed by atoms with E-state index >= 15 is 0 Å². The summed E-state index contributed by atoms with van der Waals surface area (Å²) in [5.74, 6) is -0.728. The number of rotatable bonds is 6. The lowest BCUT2D eigenvalue weighted by Gasteiger charge is -2.10. The second kappa shape index (κ2) is 7.69. The van der Waals surface area contributed by atoms with Gasteiger partial charge in [0.1, 0.15) is 5.75 Å². The van der Waals surface area contributed by atoms with Crippen LogP contribution in [0.4, 0.5) is 0 Å². The predicted molar refractivity (Wildman–Crippen MR) is 86.2 cm³/mol. The molecule has 0 bridgehead atoms. The number of hydrogen-bond acceptors (Lipinski definition) is 5. The van der Waals surface area contributed by atoms with E-state index in [0.717, 1.165) is 15.4 Å². The van der Waals surface area contributed by atoms with Gasteiger partial charge in [-0.25, -0.2) is 4.79 Å². The maximum absolute atomic E-state index is 11.9. The van der Waals surface area contributed by atoms with Crippen LogP contribution in [0.25, 0.3) is 0 Å². The first-order valence-electron chi connectivity index (χ1n) is 6.78. The zero-order valence-corrected chi connectivity index (χ0v) is 13.6. The van der Waals surface area contributed by atoms with E-state index in [4.69, 9.17) is 14.6 Å². The van der Waals surface area contributed by atoms with E-state index < -0.39 is 11.9 Å². The average Bonchev–Trinajstić information content (AvgIpc) is 2.55. The Balaban J connectivity index is 2.25. The molecular formula is C17H16O5S. The summed E-state index contributed by atoms with van der Waals surface area (Å²) in [6.45, 7) is 0. The molecule has 23 heavy (non-hydrogen) atoms. The van der Waals surface area contributed by atoms with Crippen molar-refractivity contribution in [2.45, 2.75) is 16.2 Å². The Morgan fingerprint density at radius 3 is 2.35 bits per heavy atom. The zero-order chi connectivity index (χ0) is 16.8. The number of esters is 1. The predicted octanol–water partition coefficient (Wildman–Crippen LogP) is 3.26. The third-order valence-electron chi connectivity index (χ3n) is 3.10. The van der Waals surface area contributed by atoms with E-state index in [-0.39, 0.29) is 6.42 Å². The Morgan fingerprint density at radius 1 is 1.09 bits per heavy atom. The van der Waals surface area contributed by atoms with Crippen molar-refractivity contribution in [3.63, 3.8) is 0 Å². The van der Waals surface area contributed by atoms with Crippen molar-refractivity contribution in [2.24, 2.45) is 0 Å². The fourth-order valence-corrected chi connectivity index (χ4v) is 2.89. The number of carbonyl (C=O) groups is 2. The molecule has 2 aromatic rings. The molecule has 0 unspecified atom stereocenters. The van der Waals surface area contributed by atoms with E-state index in [2.05, 4.69) is 0 Å². The fraction of sp³-hybridized carbons (Fsp3) is 0.176. The zero-order valence-electron chi connectivity index (χ0n) is 12.7. The van der Waals surface area contributed by atoms with Crippen LogP contribution in [0.5, 0.6) is 5.75 Å². The number of methoxy groups -OCH3 is 2. The molecule has 0 amide bonds. The molecule has 0 aliphatic carbocycles. The first-order chi connectivity index (χ1) is 11.0. The molecule has 6 heteroatoms. The molecule has 0 aliphatic heterocycles. The first kappa shape index (κ1) is 16.9. The topological polar surface area (TPSA) is 72.8 Å². The molecule has 0 saturated heterocycles. The quantitative estimate of drug-likeness (QED) is 0.819. The number of carbonyl (C=O) groups excluding carboxylic acids is 1. The van der Waals surface area contributed by atoms with Crippen molar-refractivity contribution in [1.29, 1.82) is 0 Å². The van der Waals surface area contributed by atoms with Crippen molar-refractivity contribution in [3.05, 3.63) is 53.6 Å². The van der Waals surface area contributed by atoms with Crippen LogP contribution in [0, 0.1) is 0 Å². The van der Waals surface area contributed by atoms with Crippen LogP contribution in [0.3, 0.4) is 0 Å². The standard InChI is InChI=1S/C17H16O5S/c1-21-12-5-8-15(14(10-12)17(20)22-2)23-13-6-3-11(4-7-13)9-16(18)19/h3-8,10H,9H2,1-2H3,(H,18,19). The third-order valence-corrected chi connectivity index (χ3v) is 4.18. The highest BCUT2D eigenvalue weighted by Crippen LogP contribution is 2.33. The monoisotopic (exact) mass is 332 g/mol. The van der Waals surface area contributed by atoms with Crippen molar-refractivity contribution in [3.8, 4) is 5.75 Å². The summed E-state index contributed by atoms with van der Waals surface area (Å²) in [4.78, 5) is 24.2. The van der Waals surface area contributed by atoms with Gasteiger partial charge in [0.15, 0.2) is 0 Å². The summed E-state index contributed by atoms with van der Waals surface area (Å²) in [6.07, 6.45) is -0.0130. The van der Waals surface area contributed by atoms with Gasteiger partial charge in [-0.2, -0.15) is 0 Å². The van der Waals surface area contributed by atoms with Gasteiger partial charge in [-0.1, -0.05) is 23.9 Å². The van der Waals surface area contributed by atoms with Gasteiger partial charge in [0.2, 0.25) is 0 Å². The van der Waals surface area contributed by atoms with Crippen LogP contribution in [-0.4, -0.2) is 31.3 Å². The van der Waals surface area contributed by atoms with Crippen molar-refractivity contribution in [1.82, 2.24) is 0 Å². The average molecular weight is 332 g/mol. The summed E-state index contributed by atoms with van der Waals surface area (Å²) in [5, 5.41) is 8.78. The third kappa shape index (κ3) is 4.50. The van der Waals surface area contributed by atoms with Crippen LogP contribution < -0.4 is 4.74 Å². The Hall–Kier alpha value is -2.47. The van der Waals surface area contributed by atoms with Crippen molar-refractivity contribution >= 4 is 23.7 Å². The summed E-state index contributed by atoms with van der Waals surface area (Å²) in [7, 11) is 2.86. The van der Waals surface area contributed by atoms with E-state index in [1.165, 1.54) is 26.0 Å². The second-order valence-corrected chi connectivity index (χ2v) is 5.79. The maximum atomic E-state index is 11.9. The van der Waals surface area contributed by atoms with Crippen LogP contribution >= 0.6 is 11.8 Å². The number of benzene rings is 2. The minimum absolute atomic E-state index is 0.0130. The highest BCUT2D eigenvalue weighted by atomic mass is 32.2. The molecule has 1 N–H and O–H groups in total. The van der Waals surface area contributed by atoms with E-state index in [1.54, 1.807) is 30.3 Å². The van der Waals surface area contributed by atoms with E-state index in [0.29, 0.717) is 11.3 Å². The number of aliphatic carboxylic acids is 1. The van der Waals surface area contributed by atoms with Gasteiger partial charge in [-0.15, -0.1) is 0 Å². The smallest absolute Gasteiger partial charge is 0.339 e. The summed E-state index contributed by atoms with van der Waals surface area (Å²) in [6, 6.07) is 12.4. The molecule has 0 atom stereocenters. The molecule has 2 rings (SSSR count). The molecule has 0 saturated carbocycles. The van der Waals surface area contributed by atoms with Crippen LogP contribution in [-0.2, 0) is 16.0 Å². The summed E-state index contributed by atoms with van der Waals surface area (Å²) in [5.41, 5.74) is 1.15. The van der Waals surface area contributed by atoms with Crippen molar-refractivity contribution < 1.29 is 24.2 Å². The van der Waals surface area contributed by atoms with Crippen LogP contribution in [0.2, 0.25) is 0 Å². The minimum atomic E-state index is -0.867. The Labute approximate surface area is 138 Å². The highest BCUT2D eigenvalue weighted by Gasteiger charge is 2.14. The van der Waals surface area contributed by atoms with Crippen molar-refractivity contribution in [2.75, 3.05) is 14.2 Å². The highest BCUT2D eigenvalue weighted by molar-refractivity contribution is 7.99. The van der Waals surface area contributed by atoms with E-state index in [9.17, 15) is 9.59 Å². The van der Waals surface area contributed by atoms with Gasteiger partial charge >= 0.3 is 11.9 Å². The Kier molecular flexibility index (Phi) is 5.65. The molecule has 0 heterocycles. The van der Waals surface area contributed by atoms with Gasteiger partial charge in [-0.3, -0.25) is 4.79 Å². The summed E-state index contributed by atoms with van der Waals surface area (Å²) >= 11 is 1.40. The molecule has 0 aromatic heterocycles. The van der Waals surface area contributed by atoms with E-state index in [1.807, 2.05) is 12.1 Å². The molecule has 0 fully saturated rings. The van der Waals surface area contributed by atoms with Gasteiger partial charge in [0.25, 0.3) is 0 Å². The molecule has 0 spiro atoms. The molecule has 0 radical (unpaired) electrons. The number of carboxylic acids is 1. The maximum Gasteiger partial charge on any atom is 0.339 e. The molecule has 0 aliphatic rings. The number of carboxylic acid groups (broad SMARTS) is 1. The Morgan fingerprint density at radius 2 is 1.78 bits per heavy atom. The largest absolute Gasteiger partial charge is 0.497 e. The fourth-order valence-electron chi connectivity index (χ4n) is 1.97. The minimum Gasteiger partial charge on any atom is -0.497 e. The van der Waals surface area contributed by atoms with Gasteiger partial charge in [0.05, 0.1) is 26.2 Å². The second-order valence-electron chi connectivity index (χ2n) is 4.67. The molecule has 120 valence electrons. The Bertz CT molecular complexity index is 709. The molecule has 2 aromatic carbocycles. The number of hydrogen-bond donors (Lipinski definition) is 1. The lowest BCUT2D eigenvalue weighted by molar-refractivity contribution is -0.136. The first-order valence-corrected chi connectivity index (χ1v) is 7.60. The SMILES string of the molecule is COC(=O)c1cc(OC)ccc1Sc1ccc(CC(=O)O)cc1. The normalized spacial score (nSPS) is 10.2. The number of ether oxygens (including phenoxy) is 2. The summed E-state index contributed by atoms with van der Waals surface area (Å²) < 4.78 is 9.94. The van der Waals surface area contributed by atoms with Gasteiger partial charge < -0.3 is 14.6 Å². The lowest BCUT2D eigenvalue weighted by atomic mass is 10.2. The van der Waals surface area contributed by atoms with Gasteiger partial charge in [0, 0.05) is 9.79 Å². The lowest BCUT2D eigenvalue weighted by Crippen LogP contribution is -2.03. The molecular weight excluding hydrogens is 316 g/mol. The van der Waals surface area contributed by atoms with Crippen LogP contribution in [0.15, 0.2) is 52.3 Å². The van der Waals surface area contributed by atoms with Crippen LogP contribution in [0.1, 0.15) is 15.9 Å².